The number of nitrogens with zero attached hydrogens (tertiary/aromatic N) is 2. The van der Waals surface area contributed by atoms with Gasteiger partial charge in [0.05, 0.1) is 17.4 Å². The molecule has 0 saturated carbocycles. The summed E-state index contributed by atoms with van der Waals surface area (Å²) >= 11 is 1.55. The number of halogens is 2. The molecule has 4 aromatic rings. The number of rotatable bonds is 5. The fraction of sp³-hybridized carbons (Fsp3) is 0.143. The van der Waals surface area contributed by atoms with Crippen LogP contribution < -0.4 is 11.2 Å². The summed E-state index contributed by atoms with van der Waals surface area (Å²) < 4.78 is 30.2. The van der Waals surface area contributed by atoms with Gasteiger partial charge in [-0.05, 0) is 48.2 Å². The predicted octanol–water partition coefficient (Wildman–Crippen LogP) is 3.79. The normalized spacial score (nSPS) is 11.2. The molecule has 0 aliphatic rings. The Morgan fingerprint density at radius 3 is 2.54 bits per heavy atom. The molecule has 0 amide bonds. The molecule has 0 saturated heterocycles. The zero-order valence-corrected chi connectivity index (χ0v) is 15.6. The Balaban J connectivity index is 1.86. The summed E-state index contributed by atoms with van der Waals surface area (Å²) in [7, 11) is 0. The summed E-state index contributed by atoms with van der Waals surface area (Å²) in [6, 6.07) is 13.7. The summed E-state index contributed by atoms with van der Waals surface area (Å²) in [5, 5.41) is 2.30. The molecular weight excluding hydrogens is 382 g/mol. The number of hydrogen-bond donors (Lipinski definition) is 0. The van der Waals surface area contributed by atoms with Crippen LogP contribution in [-0.2, 0) is 19.5 Å². The standard InChI is InChI=1S/C21H16F2N2O2S/c22-15-7-8-18(23)14(12-15)13-25-19-6-2-1-5-17(19)20(26)24(21(25)27)10-9-16-4-3-11-28-16/h1-8,11-12H,9-10,13H2. The van der Waals surface area contributed by atoms with Crippen LogP contribution in [0.15, 0.2) is 69.6 Å². The van der Waals surface area contributed by atoms with Crippen molar-refractivity contribution in [2.45, 2.75) is 19.5 Å². The molecule has 0 aliphatic carbocycles. The van der Waals surface area contributed by atoms with Gasteiger partial charge in [0, 0.05) is 17.0 Å². The zero-order chi connectivity index (χ0) is 19.7. The third-order valence-electron chi connectivity index (χ3n) is 4.63. The van der Waals surface area contributed by atoms with E-state index in [0.717, 1.165) is 23.1 Å². The van der Waals surface area contributed by atoms with Crippen molar-refractivity contribution in [1.82, 2.24) is 9.13 Å². The minimum absolute atomic E-state index is 0.0516. The molecule has 28 heavy (non-hydrogen) atoms. The average molecular weight is 398 g/mol. The quantitative estimate of drug-likeness (QED) is 0.513. The first-order valence-corrected chi connectivity index (χ1v) is 9.61. The van der Waals surface area contributed by atoms with Crippen LogP contribution in [-0.4, -0.2) is 9.13 Å². The number of para-hydroxylation sites is 1. The lowest BCUT2D eigenvalue weighted by Crippen LogP contribution is -2.40. The second-order valence-electron chi connectivity index (χ2n) is 6.41. The Hall–Kier alpha value is -3.06. The summed E-state index contributed by atoms with van der Waals surface area (Å²) in [4.78, 5) is 27.0. The molecule has 0 radical (unpaired) electrons. The summed E-state index contributed by atoms with van der Waals surface area (Å²) in [6.07, 6.45) is 0.541. The maximum Gasteiger partial charge on any atom is 0.331 e. The van der Waals surface area contributed by atoms with Gasteiger partial charge >= 0.3 is 5.69 Å². The maximum atomic E-state index is 14.2. The Labute approximate surface area is 162 Å². The highest BCUT2D eigenvalue weighted by Crippen LogP contribution is 2.15. The first-order chi connectivity index (χ1) is 13.5. The highest BCUT2D eigenvalue weighted by Gasteiger charge is 2.15. The first kappa shape index (κ1) is 18.3. The lowest BCUT2D eigenvalue weighted by Gasteiger charge is -2.14. The van der Waals surface area contributed by atoms with Gasteiger partial charge in [0.2, 0.25) is 0 Å². The predicted molar refractivity (Wildman–Crippen MR) is 106 cm³/mol. The van der Waals surface area contributed by atoms with E-state index >= 15 is 0 Å². The van der Waals surface area contributed by atoms with Crippen LogP contribution in [0, 0.1) is 11.6 Å². The topological polar surface area (TPSA) is 44.0 Å². The molecule has 4 nitrogen and oxygen atoms in total. The third kappa shape index (κ3) is 3.41. The van der Waals surface area contributed by atoms with Crippen LogP contribution in [0.1, 0.15) is 10.4 Å². The van der Waals surface area contributed by atoms with E-state index < -0.39 is 17.3 Å². The Kier molecular flexibility index (Phi) is 4.92. The molecule has 0 N–H and O–H groups in total. The molecular formula is C21H16F2N2O2S. The minimum Gasteiger partial charge on any atom is -0.289 e. The van der Waals surface area contributed by atoms with E-state index in [9.17, 15) is 18.4 Å². The molecule has 2 heterocycles. The number of benzene rings is 2. The highest BCUT2D eigenvalue weighted by molar-refractivity contribution is 7.09. The number of hydrogen-bond acceptors (Lipinski definition) is 3. The van der Waals surface area contributed by atoms with Crippen LogP contribution in [0.4, 0.5) is 8.78 Å². The molecule has 0 spiro atoms. The van der Waals surface area contributed by atoms with E-state index in [4.69, 9.17) is 0 Å². The average Bonchev–Trinajstić information content (AvgIpc) is 3.21. The number of aryl methyl sites for hydroxylation is 1. The van der Waals surface area contributed by atoms with Crippen molar-refractivity contribution in [3.05, 3.63) is 103 Å². The second kappa shape index (κ2) is 7.52. The molecule has 0 bridgehead atoms. The Morgan fingerprint density at radius 1 is 0.929 bits per heavy atom. The van der Waals surface area contributed by atoms with Gasteiger partial charge in [0.25, 0.3) is 5.56 Å². The summed E-state index contributed by atoms with van der Waals surface area (Å²) in [5.74, 6) is -1.19. The van der Waals surface area contributed by atoms with Gasteiger partial charge in [-0.15, -0.1) is 11.3 Å². The van der Waals surface area contributed by atoms with Gasteiger partial charge in [-0.25, -0.2) is 13.6 Å². The largest absolute Gasteiger partial charge is 0.331 e. The highest BCUT2D eigenvalue weighted by atomic mass is 32.1. The first-order valence-electron chi connectivity index (χ1n) is 8.73. The number of thiophene rings is 1. The lowest BCUT2D eigenvalue weighted by molar-refractivity contribution is 0.558. The van der Waals surface area contributed by atoms with Crippen LogP contribution in [0.5, 0.6) is 0 Å². The molecule has 4 rings (SSSR count). The molecule has 2 aromatic carbocycles. The molecule has 142 valence electrons. The van der Waals surface area contributed by atoms with Crippen molar-refractivity contribution in [3.63, 3.8) is 0 Å². The summed E-state index contributed by atoms with van der Waals surface area (Å²) in [5.41, 5.74) is -0.471. The van der Waals surface area contributed by atoms with Crippen LogP contribution in [0.25, 0.3) is 10.9 Å². The lowest BCUT2D eigenvalue weighted by atomic mass is 10.2. The van der Waals surface area contributed by atoms with E-state index in [1.165, 1.54) is 9.13 Å². The van der Waals surface area contributed by atoms with Crippen molar-refractivity contribution >= 4 is 22.2 Å². The molecule has 0 fully saturated rings. The molecule has 7 heteroatoms. The SMILES string of the molecule is O=c1c2ccccc2n(Cc2cc(F)ccc2F)c(=O)n1CCc1cccs1. The fourth-order valence-corrected chi connectivity index (χ4v) is 3.93. The van der Waals surface area contributed by atoms with E-state index in [1.54, 1.807) is 35.6 Å². The van der Waals surface area contributed by atoms with Crippen LogP contribution in [0.3, 0.4) is 0 Å². The van der Waals surface area contributed by atoms with E-state index in [2.05, 4.69) is 0 Å². The monoisotopic (exact) mass is 398 g/mol. The van der Waals surface area contributed by atoms with Crippen molar-refractivity contribution < 1.29 is 8.78 Å². The smallest absolute Gasteiger partial charge is 0.289 e. The van der Waals surface area contributed by atoms with Gasteiger partial charge in [-0.2, -0.15) is 0 Å². The molecule has 0 atom stereocenters. The van der Waals surface area contributed by atoms with E-state index in [1.807, 2.05) is 17.5 Å². The van der Waals surface area contributed by atoms with Gasteiger partial charge in [-0.3, -0.25) is 13.9 Å². The van der Waals surface area contributed by atoms with Gasteiger partial charge < -0.3 is 0 Å². The second-order valence-corrected chi connectivity index (χ2v) is 7.44. The van der Waals surface area contributed by atoms with Crippen molar-refractivity contribution in [3.8, 4) is 0 Å². The Morgan fingerprint density at radius 2 is 1.75 bits per heavy atom. The summed E-state index contributed by atoms with van der Waals surface area (Å²) in [6.45, 7) is 0.0524. The molecule has 0 aliphatic heterocycles. The molecule has 0 unspecified atom stereocenters. The van der Waals surface area contributed by atoms with Gasteiger partial charge in [-0.1, -0.05) is 18.2 Å². The number of aromatic nitrogens is 2. The molecule has 2 aromatic heterocycles. The van der Waals surface area contributed by atoms with Crippen molar-refractivity contribution in [2.75, 3.05) is 0 Å². The zero-order valence-electron chi connectivity index (χ0n) is 14.8. The minimum atomic E-state index is -0.603. The van der Waals surface area contributed by atoms with Crippen molar-refractivity contribution in [1.29, 1.82) is 0 Å². The van der Waals surface area contributed by atoms with Crippen LogP contribution >= 0.6 is 11.3 Å². The van der Waals surface area contributed by atoms with Crippen molar-refractivity contribution in [2.24, 2.45) is 0 Å². The fourth-order valence-electron chi connectivity index (χ4n) is 3.23. The van der Waals surface area contributed by atoms with Gasteiger partial charge in [0.1, 0.15) is 11.6 Å². The Bertz CT molecular complexity index is 1260. The maximum absolute atomic E-state index is 14.2. The van der Waals surface area contributed by atoms with Gasteiger partial charge in [0.15, 0.2) is 0 Å². The third-order valence-corrected chi connectivity index (χ3v) is 5.57. The number of fused-ring (bicyclic) bond motifs is 1. The van der Waals surface area contributed by atoms with E-state index in [0.29, 0.717) is 17.3 Å². The van der Waals surface area contributed by atoms with E-state index in [-0.39, 0.29) is 24.2 Å². The van der Waals surface area contributed by atoms with Crippen LogP contribution in [0.2, 0.25) is 0 Å².